The number of carbonyl (C=O) groups excluding carboxylic acids is 1. The molecule has 4 aromatic rings. The average Bonchev–Trinajstić information content (AvgIpc) is 3.34. The van der Waals surface area contributed by atoms with Crippen molar-refractivity contribution in [3.63, 3.8) is 0 Å². The molecule has 1 aliphatic rings. The number of nitrogens with zero attached hydrogens (tertiary/aromatic N) is 3. The smallest absolute Gasteiger partial charge is 0.273 e. The van der Waals surface area contributed by atoms with Crippen LogP contribution in [-0.4, -0.2) is 27.3 Å². The van der Waals surface area contributed by atoms with Crippen molar-refractivity contribution in [3.8, 4) is 0 Å². The molecule has 1 atom stereocenters. The molecule has 34 heavy (non-hydrogen) atoms. The third kappa shape index (κ3) is 4.91. The molecule has 0 unspecified atom stereocenters. The van der Waals surface area contributed by atoms with Gasteiger partial charge in [-0.05, 0) is 48.6 Å². The van der Waals surface area contributed by atoms with Gasteiger partial charge in [0.2, 0.25) is 5.89 Å². The van der Waals surface area contributed by atoms with Crippen molar-refractivity contribution in [3.05, 3.63) is 119 Å². The van der Waals surface area contributed by atoms with E-state index in [1.807, 2.05) is 29.2 Å². The molecule has 1 saturated heterocycles. The van der Waals surface area contributed by atoms with Gasteiger partial charge < -0.3 is 9.32 Å². The van der Waals surface area contributed by atoms with Crippen molar-refractivity contribution >= 4 is 5.91 Å². The van der Waals surface area contributed by atoms with E-state index in [0.29, 0.717) is 42.2 Å². The Bertz CT molecular complexity index is 1270. The number of rotatable bonds is 6. The van der Waals surface area contributed by atoms with Crippen molar-refractivity contribution in [2.75, 3.05) is 6.54 Å². The van der Waals surface area contributed by atoms with Crippen molar-refractivity contribution in [1.82, 2.24) is 14.9 Å². The summed E-state index contributed by atoms with van der Waals surface area (Å²) in [7, 11) is 0. The number of carbonyl (C=O) groups is 1. The van der Waals surface area contributed by atoms with Gasteiger partial charge >= 0.3 is 0 Å². The second-order valence-electron chi connectivity index (χ2n) is 8.62. The van der Waals surface area contributed by atoms with Gasteiger partial charge in [-0.25, -0.2) is 14.4 Å². The topological polar surface area (TPSA) is 59.2 Å². The maximum absolute atomic E-state index is 14.1. The minimum atomic E-state index is -0.271. The molecule has 1 amide bonds. The van der Waals surface area contributed by atoms with E-state index in [1.165, 1.54) is 6.07 Å². The zero-order valence-electron chi connectivity index (χ0n) is 18.9. The first-order valence-corrected chi connectivity index (χ1v) is 11.7. The highest BCUT2D eigenvalue weighted by atomic mass is 19.1. The number of halogens is 1. The van der Waals surface area contributed by atoms with E-state index in [1.54, 1.807) is 36.5 Å². The lowest BCUT2D eigenvalue weighted by Gasteiger charge is -2.33. The van der Waals surface area contributed by atoms with Crippen molar-refractivity contribution < 1.29 is 13.6 Å². The van der Waals surface area contributed by atoms with Crippen molar-refractivity contribution in [1.29, 1.82) is 0 Å². The number of benzene rings is 2. The lowest BCUT2D eigenvalue weighted by atomic mass is 10.0. The molecule has 5 nitrogen and oxygen atoms in total. The van der Waals surface area contributed by atoms with Crippen LogP contribution in [-0.2, 0) is 12.8 Å². The number of hydrogen-bond acceptors (Lipinski definition) is 4. The third-order valence-electron chi connectivity index (χ3n) is 6.20. The van der Waals surface area contributed by atoms with Crippen LogP contribution >= 0.6 is 0 Å². The fourth-order valence-corrected chi connectivity index (χ4v) is 4.47. The Labute approximate surface area is 198 Å². The Balaban J connectivity index is 1.34. The fourth-order valence-electron chi connectivity index (χ4n) is 4.47. The SMILES string of the molecule is O=C(c1cccc(Cc2ccccc2F)n1)N1CCCC[C@H]1c1ncc(Cc2ccccc2)o1. The van der Waals surface area contributed by atoms with Crippen molar-refractivity contribution in [2.45, 2.75) is 38.1 Å². The molecule has 172 valence electrons. The Morgan fingerprint density at radius 2 is 1.79 bits per heavy atom. The second-order valence-corrected chi connectivity index (χ2v) is 8.62. The summed E-state index contributed by atoms with van der Waals surface area (Å²) in [6, 6.07) is 21.9. The van der Waals surface area contributed by atoms with Gasteiger partial charge in [0.05, 0.1) is 6.20 Å². The van der Waals surface area contributed by atoms with E-state index in [-0.39, 0.29) is 17.8 Å². The van der Waals surface area contributed by atoms with Gasteiger partial charge in [0.15, 0.2) is 0 Å². The maximum atomic E-state index is 14.1. The minimum absolute atomic E-state index is 0.150. The molecule has 0 aliphatic carbocycles. The van der Waals surface area contributed by atoms with E-state index in [4.69, 9.17) is 4.42 Å². The van der Waals surface area contributed by atoms with E-state index < -0.39 is 0 Å². The number of aromatic nitrogens is 2. The first-order chi connectivity index (χ1) is 16.7. The highest BCUT2D eigenvalue weighted by Crippen LogP contribution is 2.32. The van der Waals surface area contributed by atoms with Gasteiger partial charge in [0.25, 0.3) is 5.91 Å². The van der Waals surface area contributed by atoms with Gasteiger partial charge in [-0.1, -0.05) is 54.6 Å². The van der Waals surface area contributed by atoms with E-state index in [2.05, 4.69) is 22.1 Å². The quantitative estimate of drug-likeness (QED) is 0.371. The molecular weight excluding hydrogens is 429 g/mol. The molecule has 0 spiro atoms. The number of piperidine rings is 1. The van der Waals surface area contributed by atoms with Crippen LogP contribution in [0, 0.1) is 5.82 Å². The molecule has 0 radical (unpaired) electrons. The lowest BCUT2D eigenvalue weighted by Crippen LogP contribution is -2.39. The molecule has 0 saturated carbocycles. The second kappa shape index (κ2) is 10.00. The van der Waals surface area contributed by atoms with Gasteiger partial charge in [-0.2, -0.15) is 0 Å². The maximum Gasteiger partial charge on any atom is 0.273 e. The number of amides is 1. The summed E-state index contributed by atoms with van der Waals surface area (Å²) in [6.07, 6.45) is 5.48. The average molecular weight is 456 g/mol. The van der Waals surface area contributed by atoms with Crippen LogP contribution in [0.15, 0.2) is 83.4 Å². The summed E-state index contributed by atoms with van der Waals surface area (Å²) in [5.74, 6) is 0.931. The molecule has 2 aromatic heterocycles. The van der Waals surface area contributed by atoms with E-state index in [9.17, 15) is 9.18 Å². The Hall–Kier alpha value is -3.80. The highest BCUT2D eigenvalue weighted by Gasteiger charge is 2.32. The van der Waals surface area contributed by atoms with Crippen LogP contribution in [0.3, 0.4) is 0 Å². The predicted molar refractivity (Wildman–Crippen MR) is 127 cm³/mol. The van der Waals surface area contributed by atoms with Crippen LogP contribution in [0.1, 0.15) is 64.3 Å². The molecule has 0 N–H and O–H groups in total. The molecule has 1 fully saturated rings. The zero-order chi connectivity index (χ0) is 23.3. The summed E-state index contributed by atoms with van der Waals surface area (Å²) < 4.78 is 20.2. The molecule has 2 aromatic carbocycles. The summed E-state index contributed by atoms with van der Waals surface area (Å²) in [5, 5.41) is 0. The van der Waals surface area contributed by atoms with Gasteiger partial charge in [0.1, 0.15) is 23.3 Å². The molecule has 0 bridgehead atoms. The molecule has 1 aliphatic heterocycles. The zero-order valence-corrected chi connectivity index (χ0v) is 18.9. The Kier molecular flexibility index (Phi) is 6.47. The normalized spacial score (nSPS) is 15.9. The third-order valence-corrected chi connectivity index (χ3v) is 6.20. The predicted octanol–water partition coefficient (Wildman–Crippen LogP) is 5.76. The fraction of sp³-hybridized carbons (Fsp3) is 0.250. The Morgan fingerprint density at radius 1 is 0.971 bits per heavy atom. The van der Waals surface area contributed by atoms with Crippen molar-refractivity contribution in [2.24, 2.45) is 0 Å². The monoisotopic (exact) mass is 455 g/mol. The molecule has 3 heterocycles. The minimum Gasteiger partial charge on any atom is -0.443 e. The first kappa shape index (κ1) is 22.0. The summed E-state index contributed by atoms with van der Waals surface area (Å²) in [5.41, 5.74) is 2.72. The summed E-state index contributed by atoms with van der Waals surface area (Å²) in [6.45, 7) is 0.624. The largest absolute Gasteiger partial charge is 0.443 e. The first-order valence-electron chi connectivity index (χ1n) is 11.7. The van der Waals surface area contributed by atoms with Gasteiger partial charge in [-0.3, -0.25) is 4.79 Å². The molecule has 5 rings (SSSR count). The summed E-state index contributed by atoms with van der Waals surface area (Å²) in [4.78, 5) is 24.4. The standard InChI is InChI=1S/C28H26FN3O2/c29-24-13-5-4-11-21(24)18-22-12-8-14-25(31-22)28(33)32-16-7-6-15-26(32)27-30-19-23(34-27)17-20-9-2-1-3-10-20/h1-5,8-14,19,26H,6-7,15-18H2/t26-/m0/s1. The van der Waals surface area contributed by atoms with Crippen LogP contribution in [0.5, 0.6) is 0 Å². The van der Waals surface area contributed by atoms with Gasteiger partial charge in [0, 0.05) is 25.1 Å². The van der Waals surface area contributed by atoms with Crippen LogP contribution in [0.25, 0.3) is 0 Å². The van der Waals surface area contributed by atoms with Gasteiger partial charge in [-0.15, -0.1) is 0 Å². The van der Waals surface area contributed by atoms with Crippen LogP contribution < -0.4 is 0 Å². The highest BCUT2D eigenvalue weighted by molar-refractivity contribution is 5.92. The Morgan fingerprint density at radius 3 is 2.65 bits per heavy atom. The van der Waals surface area contributed by atoms with Crippen LogP contribution in [0.4, 0.5) is 4.39 Å². The van der Waals surface area contributed by atoms with E-state index in [0.717, 1.165) is 30.6 Å². The lowest BCUT2D eigenvalue weighted by molar-refractivity contribution is 0.0563. The number of likely N-dealkylation sites (tertiary alicyclic amines) is 1. The number of hydrogen-bond donors (Lipinski definition) is 0. The van der Waals surface area contributed by atoms with Crippen LogP contribution in [0.2, 0.25) is 0 Å². The molecule has 6 heteroatoms. The molecular formula is C28H26FN3O2. The summed E-state index contributed by atoms with van der Waals surface area (Å²) >= 11 is 0. The number of oxazole rings is 1. The number of pyridine rings is 1. The van der Waals surface area contributed by atoms with E-state index >= 15 is 0 Å².